The first-order valence-electron chi connectivity index (χ1n) is 8.22. The molecule has 0 radical (unpaired) electrons. The highest BCUT2D eigenvalue weighted by Crippen LogP contribution is 2.33. The molecule has 0 aliphatic carbocycles. The third-order valence-corrected chi connectivity index (χ3v) is 4.54. The van der Waals surface area contributed by atoms with Gasteiger partial charge >= 0.3 is 0 Å². The fourth-order valence-corrected chi connectivity index (χ4v) is 2.74. The van der Waals surface area contributed by atoms with Gasteiger partial charge in [-0.3, -0.25) is 0 Å². The second-order valence-corrected chi connectivity index (χ2v) is 6.60. The van der Waals surface area contributed by atoms with Crippen LogP contribution in [0.4, 0.5) is 11.4 Å². The number of benzene rings is 2. The lowest BCUT2D eigenvalue weighted by atomic mass is 10.1. The molecule has 0 N–H and O–H groups in total. The lowest BCUT2D eigenvalue weighted by Gasteiger charge is -2.23. The molecule has 0 amide bonds. The van der Waals surface area contributed by atoms with Gasteiger partial charge in [-0.25, -0.2) is 4.99 Å². The molecule has 0 saturated heterocycles. The topological polar surface area (TPSA) is 18.8 Å². The van der Waals surface area contributed by atoms with Crippen LogP contribution in [0.3, 0.4) is 0 Å². The van der Waals surface area contributed by atoms with E-state index in [-0.39, 0.29) is 0 Å². The number of rotatable bonds is 6. The van der Waals surface area contributed by atoms with E-state index < -0.39 is 0 Å². The van der Waals surface area contributed by atoms with Crippen molar-refractivity contribution in [1.82, 2.24) is 4.90 Å². The second-order valence-electron chi connectivity index (χ2n) is 6.19. The average Bonchev–Trinajstić information content (AvgIpc) is 2.56. The molecule has 0 fully saturated rings. The van der Waals surface area contributed by atoms with E-state index in [1.54, 1.807) is 0 Å². The van der Waals surface area contributed by atoms with E-state index in [4.69, 9.17) is 11.6 Å². The van der Waals surface area contributed by atoms with Gasteiger partial charge in [0.1, 0.15) is 0 Å². The minimum absolute atomic E-state index is 0.674. The Hall–Kier alpha value is -2.00. The van der Waals surface area contributed by atoms with Crippen LogP contribution < -0.4 is 4.90 Å². The Bertz CT molecular complexity index is 725. The van der Waals surface area contributed by atoms with Gasteiger partial charge in [0.05, 0.1) is 17.0 Å². The number of hydrogen-bond donors (Lipinski definition) is 0. The minimum atomic E-state index is 0.674. The number of halogens is 1. The van der Waals surface area contributed by atoms with Crippen molar-refractivity contribution in [3.05, 3.63) is 58.1 Å². The van der Waals surface area contributed by atoms with Gasteiger partial charge in [-0.1, -0.05) is 35.9 Å². The van der Waals surface area contributed by atoms with Crippen LogP contribution in [0.25, 0.3) is 0 Å². The first-order chi connectivity index (χ1) is 11.4. The fourth-order valence-electron chi connectivity index (χ4n) is 2.54. The molecule has 3 nitrogen and oxygen atoms in total. The first kappa shape index (κ1) is 18.3. The summed E-state index contributed by atoms with van der Waals surface area (Å²) in [5, 5.41) is 0.674. The SMILES string of the molecule is CCN(C)C=Nc1cc(C)c(N(C)Cc2ccccc2C)cc1Cl. The van der Waals surface area contributed by atoms with Crippen molar-refractivity contribution in [2.24, 2.45) is 4.99 Å². The van der Waals surface area contributed by atoms with Crippen LogP contribution in [-0.2, 0) is 6.54 Å². The molecule has 4 heteroatoms. The summed E-state index contributed by atoms with van der Waals surface area (Å²) in [6.07, 6.45) is 1.82. The molecule has 2 aromatic rings. The molecule has 0 aliphatic rings. The molecule has 24 heavy (non-hydrogen) atoms. The zero-order chi connectivity index (χ0) is 17.7. The molecular weight excluding hydrogens is 318 g/mol. The molecule has 0 aromatic heterocycles. The van der Waals surface area contributed by atoms with Crippen LogP contribution in [0.1, 0.15) is 23.6 Å². The highest BCUT2D eigenvalue weighted by atomic mass is 35.5. The van der Waals surface area contributed by atoms with Crippen LogP contribution >= 0.6 is 11.6 Å². The van der Waals surface area contributed by atoms with Crippen LogP contribution in [0.2, 0.25) is 5.02 Å². The zero-order valence-corrected chi connectivity index (χ0v) is 15.9. The van der Waals surface area contributed by atoms with Crippen molar-refractivity contribution in [2.75, 3.05) is 25.5 Å². The number of hydrogen-bond acceptors (Lipinski definition) is 2. The van der Waals surface area contributed by atoms with E-state index >= 15 is 0 Å². The Morgan fingerprint density at radius 3 is 2.46 bits per heavy atom. The van der Waals surface area contributed by atoms with E-state index in [0.29, 0.717) is 5.02 Å². The molecule has 0 unspecified atom stereocenters. The summed E-state index contributed by atoms with van der Waals surface area (Å²) in [5.74, 6) is 0. The van der Waals surface area contributed by atoms with Gasteiger partial charge in [-0.15, -0.1) is 0 Å². The lowest BCUT2D eigenvalue weighted by Crippen LogP contribution is -2.18. The Labute approximate surface area is 150 Å². The summed E-state index contributed by atoms with van der Waals surface area (Å²) in [6, 6.07) is 12.5. The third-order valence-electron chi connectivity index (χ3n) is 4.24. The van der Waals surface area contributed by atoms with Gasteiger partial charge in [-0.2, -0.15) is 0 Å². The first-order valence-corrected chi connectivity index (χ1v) is 8.60. The summed E-state index contributed by atoms with van der Waals surface area (Å²) < 4.78 is 0. The maximum absolute atomic E-state index is 6.45. The second kappa shape index (κ2) is 8.20. The van der Waals surface area contributed by atoms with Gasteiger partial charge < -0.3 is 9.80 Å². The average molecular weight is 344 g/mol. The molecule has 0 spiro atoms. The maximum atomic E-state index is 6.45. The maximum Gasteiger partial charge on any atom is 0.0910 e. The van der Waals surface area contributed by atoms with E-state index in [2.05, 4.69) is 62.0 Å². The highest BCUT2D eigenvalue weighted by Gasteiger charge is 2.10. The smallest absolute Gasteiger partial charge is 0.0910 e. The normalized spacial score (nSPS) is 11.1. The number of aryl methyl sites for hydroxylation is 2. The lowest BCUT2D eigenvalue weighted by molar-refractivity contribution is 0.552. The number of nitrogens with zero attached hydrogens (tertiary/aromatic N) is 3. The molecular formula is C20H26ClN3. The number of aliphatic imine (C=N–C) groups is 1. The molecule has 0 atom stereocenters. The summed E-state index contributed by atoms with van der Waals surface area (Å²) in [5.41, 5.74) is 5.73. The largest absolute Gasteiger partial charge is 0.370 e. The van der Waals surface area contributed by atoms with Crippen LogP contribution in [-0.4, -0.2) is 31.9 Å². The molecule has 2 rings (SSSR count). The quantitative estimate of drug-likeness (QED) is 0.530. The molecule has 0 bridgehead atoms. The minimum Gasteiger partial charge on any atom is -0.370 e. The summed E-state index contributed by atoms with van der Waals surface area (Å²) >= 11 is 6.45. The van der Waals surface area contributed by atoms with E-state index in [9.17, 15) is 0 Å². The van der Waals surface area contributed by atoms with Crippen molar-refractivity contribution in [3.63, 3.8) is 0 Å². The predicted octanol–water partition coefficient (Wildman–Crippen LogP) is 5.20. The molecule has 0 saturated carbocycles. The van der Waals surface area contributed by atoms with Gasteiger partial charge in [-0.05, 0) is 49.6 Å². The standard InChI is InChI=1S/C20H26ClN3/c1-6-23(4)14-22-19-11-16(3)20(12-18(19)21)24(5)13-17-10-8-7-9-15(17)2/h7-12,14H,6,13H2,1-5H3. The summed E-state index contributed by atoms with van der Waals surface area (Å²) in [4.78, 5) is 8.74. The number of anilines is 1. The van der Waals surface area contributed by atoms with Crippen molar-refractivity contribution in [3.8, 4) is 0 Å². The van der Waals surface area contributed by atoms with Gasteiger partial charge in [0.15, 0.2) is 0 Å². The highest BCUT2D eigenvalue weighted by molar-refractivity contribution is 6.33. The monoisotopic (exact) mass is 343 g/mol. The Morgan fingerprint density at radius 2 is 1.79 bits per heavy atom. The van der Waals surface area contributed by atoms with Gasteiger partial charge in [0, 0.05) is 32.9 Å². The zero-order valence-electron chi connectivity index (χ0n) is 15.2. The fraction of sp³-hybridized carbons (Fsp3) is 0.350. The van der Waals surface area contributed by atoms with Crippen molar-refractivity contribution in [2.45, 2.75) is 27.3 Å². The molecule has 0 heterocycles. The van der Waals surface area contributed by atoms with Crippen LogP contribution in [0.15, 0.2) is 41.4 Å². The van der Waals surface area contributed by atoms with Crippen LogP contribution in [0.5, 0.6) is 0 Å². The van der Waals surface area contributed by atoms with Crippen molar-refractivity contribution >= 4 is 29.3 Å². The van der Waals surface area contributed by atoms with Crippen molar-refractivity contribution in [1.29, 1.82) is 0 Å². The van der Waals surface area contributed by atoms with E-state index in [1.165, 1.54) is 16.7 Å². The van der Waals surface area contributed by atoms with Gasteiger partial charge in [0.25, 0.3) is 0 Å². The van der Waals surface area contributed by atoms with Crippen LogP contribution in [0, 0.1) is 13.8 Å². The summed E-state index contributed by atoms with van der Waals surface area (Å²) in [7, 11) is 4.09. The van der Waals surface area contributed by atoms with Gasteiger partial charge in [0.2, 0.25) is 0 Å². The summed E-state index contributed by atoms with van der Waals surface area (Å²) in [6.45, 7) is 8.10. The Kier molecular flexibility index (Phi) is 6.27. The molecule has 128 valence electrons. The molecule has 2 aromatic carbocycles. The van der Waals surface area contributed by atoms with E-state index in [1.807, 2.05) is 30.4 Å². The Morgan fingerprint density at radius 1 is 1.08 bits per heavy atom. The van der Waals surface area contributed by atoms with E-state index in [0.717, 1.165) is 24.5 Å². The molecule has 0 aliphatic heterocycles. The third kappa shape index (κ3) is 4.51. The van der Waals surface area contributed by atoms with Crippen molar-refractivity contribution < 1.29 is 0 Å². The predicted molar refractivity (Wildman–Crippen MR) is 106 cm³/mol. The Balaban J connectivity index is 2.23.